The van der Waals surface area contributed by atoms with Gasteiger partial charge < -0.3 is 0 Å². The Labute approximate surface area is 102 Å². The number of hydrogen-bond donors (Lipinski definition) is 1. The maximum absolute atomic E-state index is 12.9. The van der Waals surface area contributed by atoms with Gasteiger partial charge in [-0.2, -0.15) is 0 Å². The van der Waals surface area contributed by atoms with Crippen molar-refractivity contribution in [2.45, 2.75) is 11.8 Å². The molecule has 0 amide bonds. The van der Waals surface area contributed by atoms with Gasteiger partial charge in [0.15, 0.2) is 5.13 Å². The molecule has 4 nitrogen and oxygen atoms in total. The van der Waals surface area contributed by atoms with Crippen molar-refractivity contribution in [1.29, 1.82) is 0 Å². The van der Waals surface area contributed by atoms with Gasteiger partial charge in [-0.15, -0.1) is 11.3 Å². The molecule has 0 fully saturated rings. The number of thiazole rings is 1. The van der Waals surface area contributed by atoms with Crippen LogP contribution in [0.25, 0.3) is 0 Å². The van der Waals surface area contributed by atoms with Gasteiger partial charge in [0.25, 0.3) is 10.0 Å². The van der Waals surface area contributed by atoms with E-state index >= 15 is 0 Å². The first-order valence-corrected chi connectivity index (χ1v) is 7.04. The molecular formula is C10H9FN2O2S2. The van der Waals surface area contributed by atoms with Crippen LogP contribution in [0.5, 0.6) is 0 Å². The minimum Gasteiger partial charge on any atom is -0.255 e. The van der Waals surface area contributed by atoms with Crippen LogP contribution in [0.3, 0.4) is 0 Å². The summed E-state index contributed by atoms with van der Waals surface area (Å²) in [6.07, 6.45) is 0. The Bertz CT molecular complexity index is 637. The van der Waals surface area contributed by atoms with Crippen molar-refractivity contribution >= 4 is 26.5 Å². The van der Waals surface area contributed by atoms with Gasteiger partial charge in [-0.05, 0) is 25.1 Å². The largest absolute Gasteiger partial charge is 0.263 e. The summed E-state index contributed by atoms with van der Waals surface area (Å²) >= 11 is 1.18. The van der Waals surface area contributed by atoms with Crippen LogP contribution in [0.15, 0.2) is 34.5 Å². The standard InChI is InChI=1S/C10H9FN2O2S2/c1-7-6-16-10(12-7)13-17(14,15)9-4-2-3-8(11)5-9/h2-6H,1H3,(H,12,13). The summed E-state index contributed by atoms with van der Waals surface area (Å²) < 4.78 is 38.9. The number of anilines is 1. The number of hydrogen-bond acceptors (Lipinski definition) is 4. The molecule has 1 N–H and O–H groups in total. The summed E-state index contributed by atoms with van der Waals surface area (Å²) in [7, 11) is -3.76. The molecule has 90 valence electrons. The van der Waals surface area contributed by atoms with E-state index in [1.165, 1.54) is 29.5 Å². The number of nitrogens with zero attached hydrogens (tertiary/aromatic N) is 1. The van der Waals surface area contributed by atoms with Crippen LogP contribution in [0.4, 0.5) is 9.52 Å². The van der Waals surface area contributed by atoms with Gasteiger partial charge in [0.05, 0.1) is 10.6 Å². The Kier molecular flexibility index (Phi) is 3.12. The molecule has 1 heterocycles. The number of rotatable bonds is 3. The Hall–Kier alpha value is -1.47. The molecule has 0 atom stereocenters. The minimum atomic E-state index is -3.76. The van der Waals surface area contributed by atoms with Gasteiger partial charge in [0, 0.05) is 5.38 Å². The molecule has 1 aromatic carbocycles. The fraction of sp³-hybridized carbons (Fsp3) is 0.100. The molecule has 0 saturated carbocycles. The second-order valence-electron chi connectivity index (χ2n) is 3.36. The van der Waals surface area contributed by atoms with Gasteiger partial charge in [-0.3, -0.25) is 4.72 Å². The maximum Gasteiger partial charge on any atom is 0.263 e. The van der Waals surface area contributed by atoms with Crippen molar-refractivity contribution in [2.75, 3.05) is 4.72 Å². The Morgan fingerprint density at radius 1 is 1.41 bits per heavy atom. The summed E-state index contributed by atoms with van der Waals surface area (Å²) in [6.45, 7) is 1.76. The van der Waals surface area contributed by atoms with Gasteiger partial charge in [-0.25, -0.2) is 17.8 Å². The third kappa shape index (κ3) is 2.80. The smallest absolute Gasteiger partial charge is 0.255 e. The van der Waals surface area contributed by atoms with E-state index in [9.17, 15) is 12.8 Å². The van der Waals surface area contributed by atoms with Crippen LogP contribution < -0.4 is 4.72 Å². The second-order valence-corrected chi connectivity index (χ2v) is 5.90. The molecule has 0 spiro atoms. The van der Waals surface area contributed by atoms with Crippen LogP contribution in [0, 0.1) is 12.7 Å². The van der Waals surface area contributed by atoms with Crippen LogP contribution in [-0.4, -0.2) is 13.4 Å². The molecule has 7 heteroatoms. The zero-order valence-corrected chi connectivity index (χ0v) is 10.5. The lowest BCUT2D eigenvalue weighted by Crippen LogP contribution is -2.12. The molecule has 2 rings (SSSR count). The average Bonchev–Trinajstić information content (AvgIpc) is 2.63. The number of aromatic nitrogens is 1. The lowest BCUT2D eigenvalue weighted by Gasteiger charge is -2.04. The van der Waals surface area contributed by atoms with Crippen molar-refractivity contribution in [3.63, 3.8) is 0 Å². The highest BCUT2D eigenvalue weighted by Gasteiger charge is 2.16. The van der Waals surface area contributed by atoms with E-state index in [2.05, 4.69) is 9.71 Å². The molecule has 0 bridgehead atoms. The zero-order chi connectivity index (χ0) is 12.5. The number of halogens is 1. The lowest BCUT2D eigenvalue weighted by atomic mass is 10.4. The highest BCUT2D eigenvalue weighted by molar-refractivity contribution is 7.93. The Morgan fingerprint density at radius 3 is 2.76 bits per heavy atom. The van der Waals surface area contributed by atoms with Crippen molar-refractivity contribution in [1.82, 2.24) is 4.98 Å². The highest BCUT2D eigenvalue weighted by Crippen LogP contribution is 2.19. The van der Waals surface area contributed by atoms with Gasteiger partial charge in [-0.1, -0.05) is 6.07 Å². The fourth-order valence-corrected chi connectivity index (χ4v) is 3.18. The number of benzene rings is 1. The third-order valence-corrected chi connectivity index (χ3v) is 4.29. The second kappa shape index (κ2) is 4.42. The first kappa shape index (κ1) is 12.0. The van der Waals surface area contributed by atoms with E-state index in [1.807, 2.05) is 0 Å². The number of nitrogens with one attached hydrogen (secondary N) is 1. The van der Waals surface area contributed by atoms with Crippen molar-refractivity contribution in [2.24, 2.45) is 0 Å². The normalized spacial score (nSPS) is 11.4. The summed E-state index contributed by atoms with van der Waals surface area (Å²) in [5.41, 5.74) is 0.729. The highest BCUT2D eigenvalue weighted by atomic mass is 32.2. The Morgan fingerprint density at radius 2 is 2.18 bits per heavy atom. The number of sulfonamides is 1. The average molecular weight is 272 g/mol. The van der Waals surface area contributed by atoms with Crippen molar-refractivity contribution in [3.05, 3.63) is 41.2 Å². The van der Waals surface area contributed by atoms with E-state index in [0.717, 1.165) is 11.8 Å². The van der Waals surface area contributed by atoms with Crippen LogP contribution >= 0.6 is 11.3 Å². The summed E-state index contributed by atoms with van der Waals surface area (Å²) in [5, 5.41) is 2.00. The predicted octanol–water partition coefficient (Wildman–Crippen LogP) is 2.39. The molecule has 0 aliphatic carbocycles. The van der Waals surface area contributed by atoms with Crippen molar-refractivity contribution < 1.29 is 12.8 Å². The molecule has 0 saturated heterocycles. The molecule has 0 radical (unpaired) electrons. The van der Waals surface area contributed by atoms with E-state index in [-0.39, 0.29) is 10.0 Å². The number of aryl methyl sites for hydroxylation is 1. The van der Waals surface area contributed by atoms with E-state index in [4.69, 9.17) is 0 Å². The first-order valence-electron chi connectivity index (χ1n) is 4.68. The summed E-state index contributed by atoms with van der Waals surface area (Å²) in [4.78, 5) is 3.86. The molecule has 1 aromatic heterocycles. The first-order chi connectivity index (χ1) is 7.97. The van der Waals surface area contributed by atoms with E-state index in [0.29, 0.717) is 0 Å². The third-order valence-electron chi connectivity index (χ3n) is 1.95. The van der Waals surface area contributed by atoms with Gasteiger partial charge >= 0.3 is 0 Å². The quantitative estimate of drug-likeness (QED) is 0.933. The molecular weight excluding hydrogens is 263 g/mol. The van der Waals surface area contributed by atoms with Gasteiger partial charge in [0.1, 0.15) is 5.82 Å². The van der Waals surface area contributed by atoms with Crippen LogP contribution in [0.1, 0.15) is 5.69 Å². The summed E-state index contributed by atoms with van der Waals surface area (Å²) in [6, 6.07) is 4.82. The van der Waals surface area contributed by atoms with E-state index < -0.39 is 15.8 Å². The van der Waals surface area contributed by atoms with Crippen LogP contribution in [-0.2, 0) is 10.0 Å². The van der Waals surface area contributed by atoms with Crippen LogP contribution in [0.2, 0.25) is 0 Å². The fourth-order valence-electron chi connectivity index (χ4n) is 1.21. The monoisotopic (exact) mass is 272 g/mol. The van der Waals surface area contributed by atoms with E-state index in [1.54, 1.807) is 12.3 Å². The van der Waals surface area contributed by atoms with Gasteiger partial charge in [0.2, 0.25) is 0 Å². The summed E-state index contributed by atoms with van der Waals surface area (Å²) in [5.74, 6) is -0.594. The molecule has 0 aliphatic rings. The molecule has 17 heavy (non-hydrogen) atoms. The zero-order valence-electron chi connectivity index (χ0n) is 8.84. The maximum atomic E-state index is 12.9. The lowest BCUT2D eigenvalue weighted by molar-refractivity contribution is 0.595. The molecule has 0 unspecified atom stereocenters. The minimum absolute atomic E-state index is 0.120. The molecule has 0 aliphatic heterocycles. The topological polar surface area (TPSA) is 59.1 Å². The SMILES string of the molecule is Cc1csc(NS(=O)(=O)c2cccc(F)c2)n1. The molecule has 2 aromatic rings. The van der Waals surface area contributed by atoms with Crippen molar-refractivity contribution in [3.8, 4) is 0 Å². The Balaban J connectivity index is 2.31. The predicted molar refractivity (Wildman–Crippen MR) is 64.1 cm³/mol.